The van der Waals surface area contributed by atoms with Crippen molar-refractivity contribution in [3.8, 4) is 0 Å². The molecule has 19 heavy (non-hydrogen) atoms. The van der Waals surface area contributed by atoms with Gasteiger partial charge in [-0.05, 0) is 31.5 Å². The molecule has 4 nitrogen and oxygen atoms in total. The van der Waals surface area contributed by atoms with Crippen molar-refractivity contribution >= 4 is 11.7 Å². The molecule has 0 radical (unpaired) electrons. The van der Waals surface area contributed by atoms with E-state index in [2.05, 4.69) is 15.5 Å². The molecule has 1 aliphatic heterocycles. The minimum atomic E-state index is -0.115. The molecule has 1 aromatic rings. The van der Waals surface area contributed by atoms with Crippen molar-refractivity contribution in [2.24, 2.45) is 0 Å². The molecule has 1 saturated heterocycles. The molecule has 0 bridgehead atoms. The molecule has 0 atom stereocenters. The average Bonchev–Trinajstić information content (AvgIpc) is 3.23. The van der Waals surface area contributed by atoms with E-state index in [1.165, 1.54) is 38.9 Å². The van der Waals surface area contributed by atoms with Crippen LogP contribution in [0, 0.1) is 0 Å². The van der Waals surface area contributed by atoms with Gasteiger partial charge in [0.25, 0.3) is 0 Å². The van der Waals surface area contributed by atoms with Crippen molar-refractivity contribution in [3.63, 3.8) is 0 Å². The smallest absolute Gasteiger partial charge is 0.319 e. The van der Waals surface area contributed by atoms with Crippen molar-refractivity contribution in [1.82, 2.24) is 10.2 Å². The first-order valence-corrected chi connectivity index (χ1v) is 7.17. The van der Waals surface area contributed by atoms with Crippen LogP contribution in [-0.2, 0) is 0 Å². The number of unbranched alkanes of at least 4 members (excludes halogenated alkanes) is 3. The minimum absolute atomic E-state index is 0.115. The molecule has 0 spiro atoms. The fourth-order valence-electron chi connectivity index (χ4n) is 2.01. The second-order valence-electron chi connectivity index (χ2n) is 5.00. The van der Waals surface area contributed by atoms with Crippen LogP contribution < -0.4 is 10.6 Å². The van der Waals surface area contributed by atoms with E-state index in [0.29, 0.717) is 0 Å². The average molecular weight is 261 g/mol. The second kappa shape index (κ2) is 7.79. The summed E-state index contributed by atoms with van der Waals surface area (Å²) >= 11 is 0. The number of hydrogen-bond donors (Lipinski definition) is 2. The van der Waals surface area contributed by atoms with E-state index < -0.39 is 0 Å². The van der Waals surface area contributed by atoms with Crippen molar-refractivity contribution in [2.75, 3.05) is 31.5 Å². The van der Waals surface area contributed by atoms with Gasteiger partial charge in [-0.2, -0.15) is 0 Å². The molecule has 1 aromatic carbocycles. The predicted molar refractivity (Wildman–Crippen MR) is 78.4 cm³/mol. The highest BCUT2D eigenvalue weighted by Crippen LogP contribution is 2.07. The molecule has 1 heterocycles. The van der Waals surface area contributed by atoms with Crippen LogP contribution in [0.2, 0.25) is 0 Å². The van der Waals surface area contributed by atoms with Crippen LogP contribution in [0.1, 0.15) is 25.7 Å². The van der Waals surface area contributed by atoms with E-state index in [-0.39, 0.29) is 6.03 Å². The zero-order valence-corrected chi connectivity index (χ0v) is 11.4. The highest BCUT2D eigenvalue weighted by molar-refractivity contribution is 5.89. The Morgan fingerprint density at radius 3 is 2.53 bits per heavy atom. The van der Waals surface area contributed by atoms with Crippen LogP contribution in [0.25, 0.3) is 0 Å². The van der Waals surface area contributed by atoms with Crippen LogP contribution in [-0.4, -0.2) is 37.1 Å². The predicted octanol–water partition coefficient (Wildman–Crippen LogP) is 2.68. The number of carbonyl (C=O) groups excluding carboxylic acids is 1. The van der Waals surface area contributed by atoms with Crippen LogP contribution >= 0.6 is 0 Å². The Bertz CT molecular complexity index is 376. The van der Waals surface area contributed by atoms with Crippen LogP contribution in [0.3, 0.4) is 0 Å². The Balaban J connectivity index is 1.44. The highest BCUT2D eigenvalue weighted by Gasteiger charge is 2.14. The fourth-order valence-corrected chi connectivity index (χ4v) is 2.01. The largest absolute Gasteiger partial charge is 0.338 e. The summed E-state index contributed by atoms with van der Waals surface area (Å²) in [6.07, 6.45) is 4.80. The third kappa shape index (κ3) is 6.25. The lowest BCUT2D eigenvalue weighted by Gasteiger charge is -2.07. The van der Waals surface area contributed by atoms with E-state index in [0.717, 1.165) is 18.7 Å². The molecule has 0 aliphatic carbocycles. The van der Waals surface area contributed by atoms with Crippen molar-refractivity contribution in [2.45, 2.75) is 25.7 Å². The number of nitrogens with zero attached hydrogens (tertiary/aromatic N) is 1. The van der Waals surface area contributed by atoms with Crippen molar-refractivity contribution in [1.29, 1.82) is 0 Å². The van der Waals surface area contributed by atoms with Gasteiger partial charge in [-0.3, -0.25) is 0 Å². The first-order valence-electron chi connectivity index (χ1n) is 7.17. The van der Waals surface area contributed by atoms with E-state index in [1.807, 2.05) is 30.3 Å². The van der Waals surface area contributed by atoms with Crippen molar-refractivity contribution in [3.05, 3.63) is 30.3 Å². The molecule has 2 N–H and O–H groups in total. The lowest BCUT2D eigenvalue weighted by Crippen LogP contribution is -2.29. The number of nitrogens with one attached hydrogen (secondary N) is 2. The summed E-state index contributed by atoms with van der Waals surface area (Å²) in [4.78, 5) is 14.0. The zero-order valence-electron chi connectivity index (χ0n) is 11.4. The lowest BCUT2D eigenvalue weighted by atomic mass is 10.2. The molecule has 0 unspecified atom stereocenters. The number of amides is 2. The second-order valence-corrected chi connectivity index (χ2v) is 5.00. The Hall–Kier alpha value is -1.55. The Kier molecular flexibility index (Phi) is 5.69. The zero-order chi connectivity index (χ0) is 13.3. The SMILES string of the molecule is O=C(NCCCCCCN1CC1)Nc1ccccc1. The molecular formula is C15H23N3O. The summed E-state index contributed by atoms with van der Waals surface area (Å²) in [5.74, 6) is 0. The van der Waals surface area contributed by atoms with Gasteiger partial charge in [-0.25, -0.2) is 4.79 Å². The van der Waals surface area contributed by atoms with Crippen LogP contribution in [0.15, 0.2) is 30.3 Å². The molecule has 1 aliphatic rings. The van der Waals surface area contributed by atoms with Gasteiger partial charge in [0.2, 0.25) is 0 Å². The number of carbonyl (C=O) groups is 1. The summed E-state index contributed by atoms with van der Waals surface area (Å²) < 4.78 is 0. The van der Waals surface area contributed by atoms with Gasteiger partial charge >= 0.3 is 6.03 Å². The summed E-state index contributed by atoms with van der Waals surface area (Å²) in [5, 5.41) is 5.69. The van der Waals surface area contributed by atoms with E-state index in [4.69, 9.17) is 0 Å². The third-order valence-corrected chi connectivity index (χ3v) is 3.26. The monoisotopic (exact) mass is 261 g/mol. The number of urea groups is 1. The molecule has 104 valence electrons. The maximum atomic E-state index is 11.6. The number of rotatable bonds is 8. The maximum absolute atomic E-state index is 11.6. The van der Waals surface area contributed by atoms with Gasteiger partial charge in [0.15, 0.2) is 0 Å². The topological polar surface area (TPSA) is 44.1 Å². The first-order chi connectivity index (χ1) is 9.34. The molecule has 2 amide bonds. The maximum Gasteiger partial charge on any atom is 0.319 e. The van der Waals surface area contributed by atoms with Gasteiger partial charge in [-0.1, -0.05) is 31.0 Å². The summed E-state index contributed by atoms with van der Waals surface area (Å²) in [6, 6.07) is 9.40. The number of hydrogen-bond acceptors (Lipinski definition) is 2. The number of benzene rings is 1. The summed E-state index contributed by atoms with van der Waals surface area (Å²) in [6.45, 7) is 4.59. The van der Waals surface area contributed by atoms with Gasteiger partial charge in [0, 0.05) is 25.3 Å². The minimum Gasteiger partial charge on any atom is -0.338 e. The molecule has 0 aromatic heterocycles. The highest BCUT2D eigenvalue weighted by atomic mass is 16.2. The van der Waals surface area contributed by atoms with Gasteiger partial charge in [0.05, 0.1) is 0 Å². The first kappa shape index (κ1) is 13.9. The fraction of sp³-hybridized carbons (Fsp3) is 0.533. The summed E-state index contributed by atoms with van der Waals surface area (Å²) in [5.41, 5.74) is 0.832. The van der Waals surface area contributed by atoms with Gasteiger partial charge < -0.3 is 15.5 Å². The summed E-state index contributed by atoms with van der Waals surface area (Å²) in [7, 11) is 0. The van der Waals surface area contributed by atoms with Crippen LogP contribution in [0.5, 0.6) is 0 Å². The molecule has 4 heteroatoms. The van der Waals surface area contributed by atoms with Crippen LogP contribution in [0.4, 0.5) is 10.5 Å². The Morgan fingerprint density at radius 1 is 1.05 bits per heavy atom. The Labute approximate surface area is 115 Å². The van der Waals surface area contributed by atoms with Gasteiger partial charge in [-0.15, -0.1) is 0 Å². The molecule has 2 rings (SSSR count). The van der Waals surface area contributed by atoms with Crippen molar-refractivity contribution < 1.29 is 4.79 Å². The van der Waals surface area contributed by atoms with Gasteiger partial charge in [0.1, 0.15) is 0 Å². The Morgan fingerprint density at radius 2 is 1.79 bits per heavy atom. The van der Waals surface area contributed by atoms with E-state index >= 15 is 0 Å². The quantitative estimate of drug-likeness (QED) is 0.558. The normalized spacial score (nSPS) is 14.1. The molecule has 1 fully saturated rings. The van der Waals surface area contributed by atoms with E-state index in [9.17, 15) is 4.79 Å². The lowest BCUT2D eigenvalue weighted by molar-refractivity contribution is 0.252. The van der Waals surface area contributed by atoms with E-state index in [1.54, 1.807) is 0 Å². The standard InChI is InChI=1S/C15H23N3O/c19-15(17-14-8-4-3-5-9-14)16-10-6-1-2-7-11-18-12-13-18/h3-5,8-9H,1-2,6-7,10-13H2,(H2,16,17,19). The number of anilines is 1. The molecular weight excluding hydrogens is 238 g/mol. The third-order valence-electron chi connectivity index (χ3n) is 3.26. The molecule has 0 saturated carbocycles. The number of para-hydroxylation sites is 1.